The first-order chi connectivity index (χ1) is 20.3. The highest BCUT2D eigenvalue weighted by atomic mass is 32.2. The predicted molar refractivity (Wildman–Crippen MR) is 173 cm³/mol. The summed E-state index contributed by atoms with van der Waals surface area (Å²) in [5.41, 5.74) is 5.77. The number of aryl methyl sites for hydroxylation is 1. The van der Waals surface area contributed by atoms with Gasteiger partial charge in [0.05, 0.1) is 16.1 Å². The van der Waals surface area contributed by atoms with E-state index in [0.717, 1.165) is 33.2 Å². The number of para-hydroxylation sites is 1. The van der Waals surface area contributed by atoms with Gasteiger partial charge < -0.3 is 4.57 Å². The van der Waals surface area contributed by atoms with E-state index in [1.165, 1.54) is 3.97 Å². The molecule has 210 valence electrons. The van der Waals surface area contributed by atoms with Crippen LogP contribution in [0, 0.1) is 6.92 Å². The molecule has 4 nitrogen and oxygen atoms in total. The largest absolute Gasteiger partial charge is 0.322 e. The van der Waals surface area contributed by atoms with E-state index >= 15 is 4.57 Å². The number of fused-ring (bicyclic) bond motifs is 1. The maximum atomic E-state index is 15.2. The Kier molecular flexibility index (Phi) is 7.72. The fourth-order valence-electron chi connectivity index (χ4n) is 5.70. The molecule has 0 radical (unpaired) electrons. The molecule has 6 rings (SSSR count). The monoisotopic (exact) mass is 589 g/mol. The second kappa shape index (κ2) is 11.6. The number of hydrogen-bond acceptors (Lipinski definition) is 3. The molecule has 0 N–H and O–H groups in total. The van der Waals surface area contributed by atoms with Crippen molar-refractivity contribution in [3.63, 3.8) is 0 Å². The van der Waals surface area contributed by atoms with E-state index in [0.29, 0.717) is 23.5 Å². The minimum absolute atomic E-state index is 0.126. The molecular weight excluding hydrogens is 557 g/mol. The van der Waals surface area contributed by atoms with Gasteiger partial charge in [-0.3, -0.25) is 0 Å². The van der Waals surface area contributed by atoms with Gasteiger partial charge in [0.25, 0.3) is 10.0 Å². The lowest BCUT2D eigenvalue weighted by atomic mass is 10.0. The number of nitrogens with zero attached hydrogens (tertiary/aromatic N) is 1. The lowest BCUT2D eigenvalue weighted by molar-refractivity contribution is 0.571. The summed E-state index contributed by atoms with van der Waals surface area (Å²) in [5.74, 6) is 0. The summed E-state index contributed by atoms with van der Waals surface area (Å²) >= 11 is 0. The highest BCUT2D eigenvalue weighted by molar-refractivity contribution is 7.90. The van der Waals surface area contributed by atoms with Gasteiger partial charge in [-0.1, -0.05) is 127 Å². The van der Waals surface area contributed by atoms with Crippen LogP contribution in [0.5, 0.6) is 0 Å². The first kappa shape index (κ1) is 28.0. The Labute approximate surface area is 247 Å². The van der Waals surface area contributed by atoms with Crippen LogP contribution in [0.15, 0.2) is 144 Å². The van der Waals surface area contributed by atoms with E-state index in [1.54, 1.807) is 12.1 Å². The third-order valence-corrected chi connectivity index (χ3v) is 12.1. The molecule has 0 unspecified atom stereocenters. The molecule has 6 aromatic rings. The summed E-state index contributed by atoms with van der Waals surface area (Å²) < 4.78 is 45.7. The minimum atomic E-state index is -4.02. The van der Waals surface area contributed by atoms with Crippen LogP contribution >= 0.6 is 7.14 Å². The van der Waals surface area contributed by atoms with E-state index in [1.807, 2.05) is 134 Å². The van der Waals surface area contributed by atoms with Crippen molar-refractivity contribution >= 4 is 28.1 Å². The summed E-state index contributed by atoms with van der Waals surface area (Å²) in [6.45, 7) is 1.93. The molecule has 0 saturated carbocycles. The van der Waals surface area contributed by atoms with Crippen molar-refractivity contribution in [1.29, 1.82) is 0 Å². The van der Waals surface area contributed by atoms with Gasteiger partial charge >= 0.3 is 0 Å². The van der Waals surface area contributed by atoms with Gasteiger partial charge in [0.2, 0.25) is 0 Å². The molecule has 0 aliphatic rings. The summed E-state index contributed by atoms with van der Waals surface area (Å²) in [7, 11) is -7.09. The molecule has 5 aromatic carbocycles. The van der Waals surface area contributed by atoms with E-state index in [-0.39, 0.29) is 11.1 Å². The van der Waals surface area contributed by atoms with Crippen LogP contribution in [0.25, 0.3) is 22.0 Å². The molecule has 0 fully saturated rings. The Morgan fingerprint density at radius 3 is 1.67 bits per heavy atom. The Morgan fingerprint density at radius 1 is 0.595 bits per heavy atom. The Bertz CT molecular complexity index is 1940. The van der Waals surface area contributed by atoms with E-state index in [9.17, 15) is 8.42 Å². The molecule has 0 aliphatic carbocycles. The lowest BCUT2D eigenvalue weighted by Gasteiger charge is -2.22. The fourth-order valence-corrected chi connectivity index (χ4v) is 10.3. The van der Waals surface area contributed by atoms with Crippen molar-refractivity contribution in [2.75, 3.05) is 0 Å². The third-order valence-electron chi connectivity index (χ3n) is 7.61. The van der Waals surface area contributed by atoms with Gasteiger partial charge in [-0.05, 0) is 41.8 Å². The van der Waals surface area contributed by atoms with Crippen molar-refractivity contribution in [3.8, 4) is 11.1 Å². The van der Waals surface area contributed by atoms with E-state index < -0.39 is 17.2 Å². The predicted octanol–water partition coefficient (Wildman–Crippen LogP) is 9.12. The first-order valence-electron chi connectivity index (χ1n) is 14.0. The SMILES string of the molecule is Cc1ccc(S(=O)(=O)n2c(CP(=O)(Cc3ccccc3)Cc3ccccc3)c(-c3ccccc3)c3ccccc32)cc1. The molecule has 0 atom stereocenters. The zero-order valence-electron chi connectivity index (χ0n) is 23.4. The van der Waals surface area contributed by atoms with Crippen LogP contribution in [0.3, 0.4) is 0 Å². The zero-order chi connectivity index (χ0) is 29.2. The number of hydrogen-bond donors (Lipinski definition) is 0. The normalized spacial score (nSPS) is 12.0. The van der Waals surface area contributed by atoms with E-state index in [2.05, 4.69) is 0 Å². The second-order valence-corrected chi connectivity index (χ2v) is 15.6. The highest BCUT2D eigenvalue weighted by Gasteiger charge is 2.33. The van der Waals surface area contributed by atoms with Gasteiger partial charge in [-0.15, -0.1) is 0 Å². The molecule has 1 aromatic heterocycles. The molecule has 6 heteroatoms. The van der Waals surface area contributed by atoms with Crippen molar-refractivity contribution in [2.45, 2.75) is 30.3 Å². The van der Waals surface area contributed by atoms with Crippen LogP contribution in [0.1, 0.15) is 22.4 Å². The molecular formula is C36H32NO3PS. The van der Waals surface area contributed by atoms with Gasteiger partial charge in [-0.2, -0.15) is 0 Å². The average molecular weight is 590 g/mol. The first-order valence-corrected chi connectivity index (χ1v) is 17.7. The summed E-state index contributed by atoms with van der Waals surface area (Å²) in [6.07, 6.45) is 0.854. The molecule has 0 spiro atoms. The van der Waals surface area contributed by atoms with Crippen molar-refractivity contribution < 1.29 is 13.0 Å². The van der Waals surface area contributed by atoms with Crippen LogP contribution in [-0.4, -0.2) is 12.4 Å². The van der Waals surface area contributed by atoms with Crippen LogP contribution < -0.4 is 0 Å². The van der Waals surface area contributed by atoms with Crippen molar-refractivity contribution in [1.82, 2.24) is 3.97 Å². The third kappa shape index (κ3) is 5.63. The van der Waals surface area contributed by atoms with Gasteiger partial charge in [0.1, 0.15) is 7.14 Å². The number of benzene rings is 5. The smallest absolute Gasteiger partial charge is 0.268 e. The molecule has 1 heterocycles. The molecule has 42 heavy (non-hydrogen) atoms. The number of aromatic nitrogens is 1. The summed E-state index contributed by atoms with van der Waals surface area (Å²) in [5, 5.41) is 0.820. The Morgan fingerprint density at radius 2 is 1.10 bits per heavy atom. The maximum Gasteiger partial charge on any atom is 0.268 e. The molecule has 0 bridgehead atoms. The summed E-state index contributed by atoms with van der Waals surface area (Å²) in [4.78, 5) is 0.204. The van der Waals surface area contributed by atoms with Gasteiger partial charge in [-0.25, -0.2) is 12.4 Å². The van der Waals surface area contributed by atoms with Gasteiger partial charge in [0, 0.05) is 29.4 Å². The quantitative estimate of drug-likeness (QED) is 0.158. The Hall–Kier alpha value is -4.18. The average Bonchev–Trinajstić information content (AvgIpc) is 3.32. The second-order valence-electron chi connectivity index (χ2n) is 10.8. The topological polar surface area (TPSA) is 56.1 Å². The standard InChI is InChI=1S/C36H32NO3PS/c1-28-21-23-32(24-22-28)42(39,40)37-34-20-12-11-19-33(34)36(31-17-9-4-10-18-31)35(37)27-41(38,25-29-13-5-2-6-14-29)26-30-15-7-3-8-16-30/h2-24H,25-27H2,1H3. The molecule has 0 saturated heterocycles. The van der Waals surface area contributed by atoms with Crippen LogP contribution in [0.2, 0.25) is 0 Å². The molecule has 0 amide bonds. The van der Waals surface area contributed by atoms with E-state index in [4.69, 9.17) is 0 Å². The zero-order valence-corrected chi connectivity index (χ0v) is 25.1. The van der Waals surface area contributed by atoms with Crippen molar-refractivity contribution in [3.05, 3.63) is 162 Å². The maximum absolute atomic E-state index is 15.2. The van der Waals surface area contributed by atoms with Crippen LogP contribution in [0.4, 0.5) is 0 Å². The van der Waals surface area contributed by atoms with Crippen LogP contribution in [-0.2, 0) is 33.1 Å². The summed E-state index contributed by atoms with van der Waals surface area (Å²) in [6, 6.07) is 44.0. The lowest BCUT2D eigenvalue weighted by Crippen LogP contribution is -2.16. The fraction of sp³-hybridized carbons (Fsp3) is 0.111. The highest BCUT2D eigenvalue weighted by Crippen LogP contribution is 2.57. The number of rotatable bonds is 9. The van der Waals surface area contributed by atoms with Gasteiger partial charge in [0.15, 0.2) is 0 Å². The molecule has 0 aliphatic heterocycles. The van der Waals surface area contributed by atoms with Crippen molar-refractivity contribution in [2.24, 2.45) is 0 Å². The minimum Gasteiger partial charge on any atom is -0.322 e. The Balaban J connectivity index is 1.62.